The molecule has 0 spiro atoms. The maximum Gasteiger partial charge on any atom is 0.165 e. The zero-order valence-corrected chi connectivity index (χ0v) is 28.6. The monoisotopic (exact) mass is 589 g/mol. The van der Waals surface area contributed by atoms with Crippen LogP contribution in [0.3, 0.4) is 0 Å². The highest BCUT2D eigenvalue weighted by atomic mass is 31.1. The van der Waals surface area contributed by atoms with Gasteiger partial charge in [0.05, 0.1) is 7.92 Å². The van der Waals surface area contributed by atoms with Gasteiger partial charge >= 0.3 is 0 Å². The van der Waals surface area contributed by atoms with E-state index in [4.69, 9.17) is 0 Å². The van der Waals surface area contributed by atoms with Crippen LogP contribution >= 0.6 is 7.92 Å². The van der Waals surface area contributed by atoms with Gasteiger partial charge in [0.1, 0.15) is 0 Å². The normalized spacial score (nSPS) is 11.8. The molecule has 0 aliphatic carbocycles. The third-order valence-electron chi connectivity index (χ3n) is 8.02. The van der Waals surface area contributed by atoms with Crippen molar-refractivity contribution < 1.29 is 9.59 Å². The Hall–Kier alpha value is -1.01. The Morgan fingerprint density at radius 2 is 0.707 bits per heavy atom. The van der Waals surface area contributed by atoms with Crippen molar-refractivity contribution in [1.29, 1.82) is 0 Å². The van der Waals surface area contributed by atoms with Crippen LogP contribution in [0.25, 0.3) is 0 Å². The highest BCUT2D eigenvalue weighted by Crippen LogP contribution is 2.42. The second kappa shape index (κ2) is 33.5. The van der Waals surface area contributed by atoms with Gasteiger partial charge in [0, 0.05) is 12.8 Å². The molecule has 0 aliphatic heterocycles. The average Bonchev–Trinajstić information content (AvgIpc) is 2.97. The Labute approximate surface area is 258 Å². The Bertz CT molecular complexity index is 599. The lowest BCUT2D eigenvalue weighted by atomic mass is 10.1. The maximum absolute atomic E-state index is 12.6. The number of rotatable bonds is 33. The molecule has 238 valence electrons. The summed E-state index contributed by atoms with van der Waals surface area (Å²) in [6, 6.07) is 0. The van der Waals surface area contributed by atoms with Gasteiger partial charge < -0.3 is 0 Å². The van der Waals surface area contributed by atoms with E-state index in [2.05, 4.69) is 44.7 Å². The molecule has 0 bridgehead atoms. The van der Waals surface area contributed by atoms with E-state index in [1.54, 1.807) is 5.82 Å². The van der Waals surface area contributed by atoms with E-state index in [-0.39, 0.29) is 11.0 Å². The van der Waals surface area contributed by atoms with Crippen molar-refractivity contribution in [3.63, 3.8) is 0 Å². The van der Waals surface area contributed by atoms with Gasteiger partial charge in [-0.1, -0.05) is 153 Å². The molecule has 41 heavy (non-hydrogen) atoms. The van der Waals surface area contributed by atoms with Gasteiger partial charge in [-0.25, -0.2) is 0 Å². The first-order valence-electron chi connectivity index (χ1n) is 17.9. The molecule has 0 radical (unpaired) electrons. The Balaban J connectivity index is 3.64. The predicted octanol–water partition coefficient (Wildman–Crippen LogP) is 13.7. The summed E-state index contributed by atoms with van der Waals surface area (Å²) in [4.78, 5) is 25.3. The van der Waals surface area contributed by atoms with Crippen LogP contribution in [0.2, 0.25) is 0 Å². The van der Waals surface area contributed by atoms with Crippen LogP contribution < -0.4 is 0 Å². The van der Waals surface area contributed by atoms with Crippen molar-refractivity contribution in [2.45, 2.75) is 194 Å². The van der Waals surface area contributed by atoms with Gasteiger partial charge in [-0.05, 0) is 64.2 Å². The van der Waals surface area contributed by atoms with Gasteiger partial charge in [-0.3, -0.25) is 9.59 Å². The summed E-state index contributed by atoms with van der Waals surface area (Å²) >= 11 is 0. The number of allylic oxidation sites excluding steroid dienone is 4. The Kier molecular flexibility index (Phi) is 32.7. The van der Waals surface area contributed by atoms with Crippen LogP contribution in [0, 0.1) is 0 Å². The zero-order chi connectivity index (χ0) is 30.1. The summed E-state index contributed by atoms with van der Waals surface area (Å²) in [7, 11) is -1.30. The molecule has 0 aromatic carbocycles. The Morgan fingerprint density at radius 1 is 0.439 bits per heavy atom. The van der Waals surface area contributed by atoms with Gasteiger partial charge in [0.2, 0.25) is 0 Å². The molecular weight excluding hydrogens is 519 g/mol. The molecule has 0 atom stereocenters. The fourth-order valence-electron chi connectivity index (χ4n) is 5.28. The molecule has 0 aliphatic rings. The molecule has 3 heteroatoms. The summed E-state index contributed by atoms with van der Waals surface area (Å²) in [5.74, 6) is 1.65. The third kappa shape index (κ3) is 28.9. The summed E-state index contributed by atoms with van der Waals surface area (Å²) in [6.45, 7) is 8.36. The van der Waals surface area contributed by atoms with Crippen molar-refractivity contribution in [2.75, 3.05) is 0 Å². The minimum absolute atomic E-state index is 0.144. The van der Waals surface area contributed by atoms with Gasteiger partial charge in [-0.2, -0.15) is 0 Å². The molecule has 0 saturated carbocycles. The fraction of sp³-hybridized carbons (Fsp3) is 0.789. The smallest absolute Gasteiger partial charge is 0.165 e. The van der Waals surface area contributed by atoms with Crippen LogP contribution in [0.15, 0.2) is 36.7 Å². The lowest BCUT2D eigenvalue weighted by molar-refractivity contribution is -0.114. The van der Waals surface area contributed by atoms with Crippen LogP contribution in [-0.2, 0) is 9.59 Å². The minimum atomic E-state index is -1.30. The highest BCUT2D eigenvalue weighted by Gasteiger charge is 2.21. The molecule has 0 aromatic rings. The van der Waals surface area contributed by atoms with E-state index >= 15 is 0 Å². The molecule has 2 nitrogen and oxygen atoms in total. The van der Waals surface area contributed by atoms with Crippen molar-refractivity contribution in [2.24, 2.45) is 0 Å². The van der Waals surface area contributed by atoms with Crippen LogP contribution in [-0.4, -0.2) is 11.0 Å². The molecule has 0 fully saturated rings. The molecule has 0 heterocycles. The largest absolute Gasteiger partial charge is 0.294 e. The fourth-order valence-corrected chi connectivity index (χ4v) is 6.76. The van der Waals surface area contributed by atoms with E-state index < -0.39 is 7.92 Å². The lowest BCUT2D eigenvalue weighted by Crippen LogP contribution is -2.04. The quantitative estimate of drug-likeness (QED) is 0.0434. The average molecular weight is 589 g/mol. The molecule has 0 N–H and O–H groups in total. The minimum Gasteiger partial charge on any atom is -0.294 e. The lowest BCUT2D eigenvalue weighted by Gasteiger charge is -2.10. The van der Waals surface area contributed by atoms with E-state index in [9.17, 15) is 9.59 Å². The topological polar surface area (TPSA) is 34.1 Å². The Morgan fingerprint density at radius 3 is 1.00 bits per heavy atom. The first kappa shape index (κ1) is 40.0. The molecular formula is C38H69O2P. The van der Waals surface area contributed by atoms with E-state index in [1.807, 2.05) is 0 Å². The van der Waals surface area contributed by atoms with E-state index in [1.165, 1.54) is 141 Å². The molecule has 0 rings (SSSR count). The SMILES string of the molecule is C=CP(C(=O)CCCCCCC/C=C\CCCCCCCC)C(=O)CCCCCCC/C=C\CCCCCCCC. The number of carbonyl (C=O) groups excluding carboxylic acids is 2. The first-order valence-corrected chi connectivity index (χ1v) is 19.4. The molecule has 0 aromatic heterocycles. The molecule has 0 amide bonds. The standard InChI is InChI=1S/C38H69O2P/c1-4-7-9-11-13-15-17-19-21-23-25-27-29-31-33-35-37(39)41(6-3)38(40)36-34-32-30-28-26-24-22-20-18-16-14-12-10-8-5-2/h6,19-22H,3-5,7-18,23-36H2,1-2H3/b21-19-,22-20-. The first-order chi connectivity index (χ1) is 20.2. The summed E-state index contributed by atoms with van der Waals surface area (Å²) < 4.78 is 0. The van der Waals surface area contributed by atoms with E-state index in [0.29, 0.717) is 12.8 Å². The summed E-state index contributed by atoms with van der Waals surface area (Å²) in [5, 5.41) is 0. The van der Waals surface area contributed by atoms with Gasteiger partial charge in [-0.15, -0.1) is 0 Å². The van der Waals surface area contributed by atoms with Crippen LogP contribution in [0.1, 0.15) is 194 Å². The number of hydrogen-bond acceptors (Lipinski definition) is 2. The van der Waals surface area contributed by atoms with Crippen LogP contribution in [0.5, 0.6) is 0 Å². The number of carbonyl (C=O) groups is 2. The zero-order valence-electron chi connectivity index (χ0n) is 27.7. The van der Waals surface area contributed by atoms with Crippen LogP contribution in [0.4, 0.5) is 0 Å². The highest BCUT2D eigenvalue weighted by molar-refractivity contribution is 7.91. The van der Waals surface area contributed by atoms with Crippen molar-refractivity contribution in [1.82, 2.24) is 0 Å². The van der Waals surface area contributed by atoms with Crippen molar-refractivity contribution >= 4 is 19.0 Å². The van der Waals surface area contributed by atoms with E-state index in [0.717, 1.165) is 25.7 Å². The second-order valence-corrected chi connectivity index (χ2v) is 14.1. The third-order valence-corrected chi connectivity index (χ3v) is 9.91. The van der Waals surface area contributed by atoms with Gasteiger partial charge in [0.25, 0.3) is 0 Å². The summed E-state index contributed by atoms with van der Waals surface area (Å²) in [6.07, 6.45) is 43.1. The maximum atomic E-state index is 12.6. The van der Waals surface area contributed by atoms with Gasteiger partial charge in [0.15, 0.2) is 11.0 Å². The summed E-state index contributed by atoms with van der Waals surface area (Å²) in [5.41, 5.74) is 0.288. The predicted molar refractivity (Wildman–Crippen MR) is 186 cm³/mol. The van der Waals surface area contributed by atoms with Crippen molar-refractivity contribution in [3.8, 4) is 0 Å². The van der Waals surface area contributed by atoms with Crippen molar-refractivity contribution in [3.05, 3.63) is 36.7 Å². The number of unbranched alkanes of at least 4 members (excludes halogenated alkanes) is 22. The molecule has 0 saturated heterocycles. The molecule has 0 unspecified atom stereocenters. The second-order valence-electron chi connectivity index (χ2n) is 12.0. The number of hydrogen-bond donors (Lipinski definition) is 0.